The monoisotopic (exact) mass is 534 g/mol. The Balaban J connectivity index is 1.10. The molecule has 0 saturated carbocycles. The van der Waals surface area contributed by atoms with Gasteiger partial charge < -0.3 is 9.68 Å². The number of anilines is 2. The van der Waals surface area contributed by atoms with Gasteiger partial charge in [0.1, 0.15) is 23.3 Å². The predicted octanol–water partition coefficient (Wildman–Crippen LogP) is 7.52. The van der Waals surface area contributed by atoms with E-state index in [9.17, 15) is 0 Å². The number of aliphatic imine (C=N–C) groups is 2. The van der Waals surface area contributed by atoms with E-state index >= 15 is 0 Å². The summed E-state index contributed by atoms with van der Waals surface area (Å²) in [5.41, 5.74) is 4.47. The number of thiophene rings is 2. The number of hydrogen-bond donors (Lipinski definition) is 0. The lowest BCUT2D eigenvalue weighted by Gasteiger charge is -2.26. The molecule has 0 N–H and O–H groups in total. The molecule has 0 saturated heterocycles. The van der Waals surface area contributed by atoms with E-state index in [0.29, 0.717) is 24.8 Å². The summed E-state index contributed by atoms with van der Waals surface area (Å²) >= 11 is 3.39. The molecule has 7 rings (SSSR count). The van der Waals surface area contributed by atoms with Crippen LogP contribution in [-0.2, 0) is 0 Å². The van der Waals surface area contributed by atoms with Crippen LogP contribution in [-0.4, -0.2) is 25.8 Å². The zero-order valence-electron chi connectivity index (χ0n) is 20.2. The lowest BCUT2D eigenvalue weighted by Crippen LogP contribution is -2.30. The van der Waals surface area contributed by atoms with Crippen LogP contribution in [0.1, 0.15) is 11.1 Å². The number of rotatable bonds is 6. The maximum absolute atomic E-state index is 6.30. The molecule has 8 heteroatoms. The molecule has 38 heavy (non-hydrogen) atoms. The summed E-state index contributed by atoms with van der Waals surface area (Å²) in [5.74, 6) is 1.36. The Hall–Kier alpha value is -4.40. The van der Waals surface area contributed by atoms with Gasteiger partial charge in [-0.2, -0.15) is 10.1 Å². The van der Waals surface area contributed by atoms with Crippen molar-refractivity contribution in [2.75, 3.05) is 23.5 Å². The van der Waals surface area contributed by atoms with Crippen LogP contribution in [0.4, 0.5) is 10.0 Å². The molecule has 0 radical (unpaired) electrons. The number of hydroxylamine groups is 2. The maximum atomic E-state index is 6.30. The van der Waals surface area contributed by atoms with Gasteiger partial charge in [-0.3, -0.25) is 9.98 Å². The minimum absolute atomic E-state index is 0.425. The first-order valence-corrected chi connectivity index (χ1v) is 13.8. The number of fused-ring (bicyclic) bond motifs is 2. The smallest absolute Gasteiger partial charge is 0.159 e. The molecule has 2 aliphatic rings. The van der Waals surface area contributed by atoms with Crippen molar-refractivity contribution in [3.8, 4) is 32.4 Å². The quantitative estimate of drug-likeness (QED) is 0.226. The highest BCUT2D eigenvalue weighted by Crippen LogP contribution is 2.40. The molecular formula is C30H22N4O2S2. The molecule has 4 heterocycles. The van der Waals surface area contributed by atoms with Gasteiger partial charge >= 0.3 is 0 Å². The molecule has 6 nitrogen and oxygen atoms in total. The average Bonchev–Trinajstić information content (AvgIpc) is 3.61. The Bertz CT molecular complexity index is 1520. The van der Waals surface area contributed by atoms with Crippen molar-refractivity contribution >= 4 is 45.1 Å². The first-order valence-electron chi connectivity index (χ1n) is 12.2. The topological polar surface area (TPSA) is 49.7 Å². The van der Waals surface area contributed by atoms with Crippen molar-refractivity contribution in [1.29, 1.82) is 0 Å². The Kier molecular flexibility index (Phi) is 5.88. The second kappa shape index (κ2) is 9.81. The van der Waals surface area contributed by atoms with Crippen molar-refractivity contribution in [2.45, 2.75) is 0 Å². The molecular weight excluding hydrogens is 512 g/mol. The minimum Gasteiger partial charge on any atom is -0.377 e. The van der Waals surface area contributed by atoms with E-state index in [0.717, 1.165) is 21.1 Å². The van der Waals surface area contributed by atoms with Crippen LogP contribution in [0.2, 0.25) is 0 Å². The molecule has 5 aromatic rings. The van der Waals surface area contributed by atoms with Crippen molar-refractivity contribution in [1.82, 2.24) is 0 Å². The van der Waals surface area contributed by atoms with Crippen LogP contribution >= 0.6 is 22.7 Å². The molecule has 0 atom stereocenters. The number of nitrogens with zero attached hydrogens (tertiary/aromatic N) is 4. The van der Waals surface area contributed by atoms with Crippen LogP contribution in [0.5, 0.6) is 11.5 Å². The summed E-state index contributed by atoms with van der Waals surface area (Å²) in [6, 6.07) is 32.7. The summed E-state index contributed by atoms with van der Waals surface area (Å²) in [6.07, 6.45) is 3.83. The van der Waals surface area contributed by atoms with E-state index in [2.05, 4.69) is 70.6 Å². The molecule has 0 bridgehead atoms. The summed E-state index contributed by atoms with van der Waals surface area (Å²) in [7, 11) is 0. The fourth-order valence-electron chi connectivity index (χ4n) is 4.39. The fraction of sp³-hybridized carbons (Fsp3) is 0.0667. The van der Waals surface area contributed by atoms with Crippen LogP contribution in [0.25, 0.3) is 20.9 Å². The third-order valence-electron chi connectivity index (χ3n) is 6.17. The zero-order valence-corrected chi connectivity index (χ0v) is 21.9. The standard InChI is InChI=1S/C30H22N4O2S2/c1-3-8-21(9-4-1)27-14-23-17-31-19-33(29(23)37-27)35-25-12-7-13-26(16-25)36-34-20-32-18-24-15-28(38-30(24)34)22-10-5-2-6-11-22/h1-18H,19-20H2. The third-order valence-corrected chi connectivity index (χ3v) is 8.58. The minimum atomic E-state index is 0.425. The highest BCUT2D eigenvalue weighted by atomic mass is 32.1. The highest BCUT2D eigenvalue weighted by Gasteiger charge is 2.22. The lowest BCUT2D eigenvalue weighted by molar-refractivity contribution is 0.269. The molecule has 3 aromatic carbocycles. The van der Waals surface area contributed by atoms with Crippen molar-refractivity contribution in [3.63, 3.8) is 0 Å². The number of benzene rings is 3. The first kappa shape index (κ1) is 22.8. The Morgan fingerprint density at radius 1 is 0.553 bits per heavy atom. The van der Waals surface area contributed by atoms with E-state index in [1.807, 2.05) is 59.0 Å². The van der Waals surface area contributed by atoms with Crippen LogP contribution in [0.3, 0.4) is 0 Å². The van der Waals surface area contributed by atoms with Gasteiger partial charge in [0.05, 0.1) is 0 Å². The largest absolute Gasteiger partial charge is 0.377 e. The maximum Gasteiger partial charge on any atom is 0.159 e. The van der Waals surface area contributed by atoms with Crippen molar-refractivity contribution in [3.05, 3.63) is 108 Å². The highest BCUT2D eigenvalue weighted by molar-refractivity contribution is 7.20. The summed E-state index contributed by atoms with van der Waals surface area (Å²) in [5, 5.41) is 5.74. The summed E-state index contributed by atoms with van der Waals surface area (Å²) in [4.78, 5) is 24.0. The van der Waals surface area contributed by atoms with E-state index in [-0.39, 0.29) is 0 Å². The number of hydrogen-bond acceptors (Lipinski definition) is 8. The summed E-state index contributed by atoms with van der Waals surface area (Å²) < 4.78 is 0. The van der Waals surface area contributed by atoms with E-state index in [4.69, 9.17) is 9.68 Å². The first-order chi connectivity index (χ1) is 18.8. The van der Waals surface area contributed by atoms with Crippen LogP contribution in [0, 0.1) is 0 Å². The molecule has 0 unspecified atom stereocenters. The Labute approximate surface area is 228 Å². The predicted molar refractivity (Wildman–Crippen MR) is 157 cm³/mol. The van der Waals surface area contributed by atoms with Crippen LogP contribution < -0.4 is 19.8 Å². The molecule has 0 spiro atoms. The Morgan fingerprint density at radius 2 is 1.03 bits per heavy atom. The van der Waals surface area contributed by atoms with E-state index in [1.165, 1.54) is 20.9 Å². The van der Waals surface area contributed by atoms with Crippen molar-refractivity contribution in [2.24, 2.45) is 9.98 Å². The van der Waals surface area contributed by atoms with Gasteiger partial charge in [0.15, 0.2) is 11.5 Å². The van der Waals surface area contributed by atoms with E-state index in [1.54, 1.807) is 22.7 Å². The second-order valence-electron chi connectivity index (χ2n) is 8.79. The molecule has 0 fully saturated rings. The van der Waals surface area contributed by atoms with Gasteiger partial charge in [-0.1, -0.05) is 66.7 Å². The molecule has 0 aliphatic carbocycles. The average molecular weight is 535 g/mol. The lowest BCUT2D eigenvalue weighted by atomic mass is 10.1. The van der Waals surface area contributed by atoms with Gasteiger partial charge in [-0.05, 0) is 35.4 Å². The van der Waals surface area contributed by atoms with Gasteiger partial charge in [0, 0.05) is 39.4 Å². The fourth-order valence-corrected chi connectivity index (χ4v) is 6.54. The van der Waals surface area contributed by atoms with Crippen LogP contribution in [0.15, 0.2) is 107 Å². The Morgan fingerprint density at radius 3 is 1.50 bits per heavy atom. The summed E-state index contributed by atoms with van der Waals surface area (Å²) in [6.45, 7) is 0.850. The van der Waals surface area contributed by atoms with Crippen molar-refractivity contribution < 1.29 is 9.68 Å². The molecule has 0 amide bonds. The molecule has 2 aromatic heterocycles. The molecule has 2 aliphatic heterocycles. The third kappa shape index (κ3) is 4.44. The van der Waals surface area contributed by atoms with Gasteiger partial charge in [-0.15, -0.1) is 22.7 Å². The van der Waals surface area contributed by atoms with Gasteiger partial charge in [-0.25, -0.2) is 0 Å². The zero-order chi connectivity index (χ0) is 25.3. The SMILES string of the molecule is C1=NCN(Oc2cccc(ON3CN=Cc4cc(-c5ccccc5)sc43)c2)c2sc(-c3ccccc3)cc21. The second-order valence-corrected chi connectivity index (χ2v) is 10.9. The van der Waals surface area contributed by atoms with E-state index < -0.39 is 0 Å². The normalized spacial score (nSPS) is 13.8. The van der Waals surface area contributed by atoms with Gasteiger partial charge in [0.25, 0.3) is 0 Å². The molecule has 186 valence electrons. The van der Waals surface area contributed by atoms with Gasteiger partial charge in [0.2, 0.25) is 0 Å².